The van der Waals surface area contributed by atoms with E-state index in [1.807, 2.05) is 11.7 Å². The first-order chi connectivity index (χ1) is 6.81. The van der Waals surface area contributed by atoms with E-state index in [0.717, 1.165) is 44.4 Å². The van der Waals surface area contributed by atoms with Crippen LogP contribution in [0.1, 0.15) is 12.7 Å². The average Bonchev–Trinajstić information content (AvgIpc) is 2.61. The van der Waals surface area contributed by atoms with Gasteiger partial charge in [0.1, 0.15) is 0 Å². The summed E-state index contributed by atoms with van der Waals surface area (Å²) in [5.41, 5.74) is 0. The molecule has 1 aromatic rings. The fourth-order valence-electron chi connectivity index (χ4n) is 1.72. The zero-order valence-electron chi connectivity index (χ0n) is 8.82. The van der Waals surface area contributed by atoms with E-state index in [2.05, 4.69) is 27.2 Å². The number of nitrogens with one attached hydrogen (secondary N) is 1. The number of nitrogens with zero attached hydrogens (tertiary/aromatic N) is 4. The predicted octanol–water partition coefficient (Wildman–Crippen LogP) is -0.213. The highest BCUT2D eigenvalue weighted by Gasteiger charge is 2.16. The fourth-order valence-corrected chi connectivity index (χ4v) is 1.72. The Labute approximate surface area is 84.1 Å². The molecule has 0 amide bonds. The molecule has 0 aliphatic carbocycles. The van der Waals surface area contributed by atoms with Crippen molar-refractivity contribution in [1.82, 2.24) is 20.1 Å². The van der Waals surface area contributed by atoms with Crippen LogP contribution in [0, 0.1) is 0 Å². The lowest BCUT2D eigenvalue weighted by atomic mass is 10.4. The maximum absolute atomic E-state index is 4.50. The van der Waals surface area contributed by atoms with Crippen molar-refractivity contribution in [1.29, 1.82) is 0 Å². The van der Waals surface area contributed by atoms with E-state index in [1.165, 1.54) is 0 Å². The summed E-state index contributed by atoms with van der Waals surface area (Å²) >= 11 is 0. The van der Waals surface area contributed by atoms with Crippen LogP contribution in [0.5, 0.6) is 0 Å². The Morgan fingerprint density at radius 1 is 1.36 bits per heavy atom. The normalized spacial score (nSPS) is 17.4. The molecule has 1 aromatic heterocycles. The molecule has 1 aliphatic rings. The number of hydrogen-bond acceptors (Lipinski definition) is 4. The van der Waals surface area contributed by atoms with E-state index in [4.69, 9.17) is 0 Å². The lowest BCUT2D eigenvalue weighted by Crippen LogP contribution is -2.44. The molecule has 0 unspecified atom stereocenters. The molecule has 0 saturated carbocycles. The van der Waals surface area contributed by atoms with Crippen LogP contribution in [0.25, 0.3) is 0 Å². The van der Waals surface area contributed by atoms with Crippen molar-refractivity contribution in [2.24, 2.45) is 7.05 Å². The van der Waals surface area contributed by atoms with Gasteiger partial charge in [-0.3, -0.25) is 0 Å². The smallest absolute Gasteiger partial charge is 0.223 e. The van der Waals surface area contributed by atoms with E-state index >= 15 is 0 Å². The van der Waals surface area contributed by atoms with E-state index < -0.39 is 0 Å². The second kappa shape index (κ2) is 3.96. The van der Waals surface area contributed by atoms with Gasteiger partial charge >= 0.3 is 0 Å². The van der Waals surface area contributed by atoms with Crippen molar-refractivity contribution in [3.05, 3.63) is 5.82 Å². The Morgan fingerprint density at radius 3 is 2.64 bits per heavy atom. The van der Waals surface area contributed by atoms with E-state index in [0.29, 0.717) is 0 Å². The molecule has 1 aliphatic heterocycles. The van der Waals surface area contributed by atoms with Crippen LogP contribution in [0.4, 0.5) is 5.95 Å². The van der Waals surface area contributed by atoms with Gasteiger partial charge in [-0.25, -0.2) is 4.68 Å². The third-order valence-corrected chi connectivity index (χ3v) is 2.50. The molecule has 14 heavy (non-hydrogen) atoms. The highest BCUT2D eigenvalue weighted by molar-refractivity contribution is 5.31. The summed E-state index contributed by atoms with van der Waals surface area (Å²) in [5.74, 6) is 1.93. The highest BCUT2D eigenvalue weighted by atomic mass is 15.4. The zero-order valence-corrected chi connectivity index (χ0v) is 8.82. The molecule has 2 rings (SSSR count). The van der Waals surface area contributed by atoms with Gasteiger partial charge in [-0.2, -0.15) is 10.1 Å². The van der Waals surface area contributed by atoms with Crippen LogP contribution in [-0.4, -0.2) is 40.9 Å². The Morgan fingerprint density at radius 2 is 2.07 bits per heavy atom. The van der Waals surface area contributed by atoms with E-state index in [-0.39, 0.29) is 0 Å². The van der Waals surface area contributed by atoms with Gasteiger partial charge in [0.05, 0.1) is 0 Å². The second-order valence-electron chi connectivity index (χ2n) is 3.54. The molecule has 1 fully saturated rings. The number of aryl methyl sites for hydroxylation is 2. The van der Waals surface area contributed by atoms with Crippen LogP contribution < -0.4 is 10.2 Å². The molecule has 0 radical (unpaired) electrons. The van der Waals surface area contributed by atoms with Crippen LogP contribution in [0.3, 0.4) is 0 Å². The number of piperazine rings is 1. The predicted molar refractivity (Wildman–Crippen MR) is 55.5 cm³/mol. The molecule has 1 saturated heterocycles. The molecular weight excluding hydrogens is 178 g/mol. The minimum Gasteiger partial charge on any atom is -0.338 e. The highest BCUT2D eigenvalue weighted by Crippen LogP contribution is 2.10. The Hall–Kier alpha value is -1.10. The zero-order chi connectivity index (χ0) is 9.97. The van der Waals surface area contributed by atoms with Crippen molar-refractivity contribution in [2.45, 2.75) is 13.3 Å². The summed E-state index contributed by atoms with van der Waals surface area (Å²) in [6.07, 6.45) is 0.903. The monoisotopic (exact) mass is 195 g/mol. The summed E-state index contributed by atoms with van der Waals surface area (Å²) in [6.45, 7) is 6.20. The maximum Gasteiger partial charge on any atom is 0.223 e. The fraction of sp³-hybridized carbons (Fsp3) is 0.778. The van der Waals surface area contributed by atoms with Gasteiger partial charge in [-0.05, 0) is 0 Å². The summed E-state index contributed by atoms with van der Waals surface area (Å²) in [5, 5.41) is 7.67. The first-order valence-electron chi connectivity index (χ1n) is 5.17. The van der Waals surface area contributed by atoms with Gasteiger partial charge in [-0.15, -0.1) is 0 Å². The molecule has 0 aromatic carbocycles. The van der Waals surface area contributed by atoms with Crippen LogP contribution in [0.15, 0.2) is 0 Å². The third kappa shape index (κ3) is 1.72. The Bertz CT molecular complexity index is 300. The summed E-state index contributed by atoms with van der Waals surface area (Å²) in [7, 11) is 1.96. The van der Waals surface area contributed by atoms with Crippen molar-refractivity contribution in [3.63, 3.8) is 0 Å². The second-order valence-corrected chi connectivity index (χ2v) is 3.54. The van der Waals surface area contributed by atoms with E-state index in [9.17, 15) is 0 Å². The number of rotatable bonds is 2. The lowest BCUT2D eigenvalue weighted by Gasteiger charge is -2.27. The number of aromatic nitrogens is 3. The summed E-state index contributed by atoms with van der Waals surface area (Å²) < 4.78 is 1.88. The molecule has 0 atom stereocenters. The third-order valence-electron chi connectivity index (χ3n) is 2.50. The standard InChI is InChI=1S/C9H17N5/c1-3-8-11-9(13(2)12-8)14-6-4-10-5-7-14/h10H,3-7H2,1-2H3. The minimum absolute atomic E-state index is 0.903. The Kier molecular flexibility index (Phi) is 2.67. The average molecular weight is 195 g/mol. The summed E-state index contributed by atoms with van der Waals surface area (Å²) in [6, 6.07) is 0. The van der Waals surface area contributed by atoms with Crippen molar-refractivity contribution >= 4 is 5.95 Å². The minimum atomic E-state index is 0.903. The first kappa shape index (κ1) is 9.45. The molecule has 2 heterocycles. The quantitative estimate of drug-likeness (QED) is 0.709. The molecule has 0 bridgehead atoms. The van der Waals surface area contributed by atoms with Gasteiger partial charge in [-0.1, -0.05) is 6.92 Å². The van der Waals surface area contributed by atoms with Crippen LogP contribution >= 0.6 is 0 Å². The van der Waals surface area contributed by atoms with Crippen molar-refractivity contribution < 1.29 is 0 Å². The maximum atomic E-state index is 4.50. The SMILES string of the molecule is CCc1nc(N2CCNCC2)n(C)n1. The van der Waals surface area contributed by atoms with Crippen molar-refractivity contribution in [2.75, 3.05) is 31.1 Å². The number of hydrogen-bond donors (Lipinski definition) is 1. The lowest BCUT2D eigenvalue weighted by molar-refractivity contribution is 0.568. The molecule has 78 valence electrons. The van der Waals surface area contributed by atoms with Gasteiger partial charge in [0.15, 0.2) is 5.82 Å². The largest absolute Gasteiger partial charge is 0.338 e. The number of anilines is 1. The molecular formula is C9H17N5. The molecule has 5 nitrogen and oxygen atoms in total. The molecule has 1 N–H and O–H groups in total. The Balaban J connectivity index is 2.17. The summed E-state index contributed by atoms with van der Waals surface area (Å²) in [4.78, 5) is 6.78. The molecule has 0 spiro atoms. The van der Waals surface area contributed by atoms with Crippen LogP contribution in [0.2, 0.25) is 0 Å². The van der Waals surface area contributed by atoms with Gasteiger partial charge < -0.3 is 10.2 Å². The van der Waals surface area contributed by atoms with Gasteiger partial charge in [0.25, 0.3) is 0 Å². The molecule has 5 heteroatoms. The first-order valence-corrected chi connectivity index (χ1v) is 5.17. The van der Waals surface area contributed by atoms with E-state index in [1.54, 1.807) is 0 Å². The van der Waals surface area contributed by atoms with Gasteiger partial charge in [0, 0.05) is 39.6 Å². The topological polar surface area (TPSA) is 46.0 Å². The van der Waals surface area contributed by atoms with Gasteiger partial charge in [0.2, 0.25) is 5.95 Å². The van der Waals surface area contributed by atoms with Crippen molar-refractivity contribution in [3.8, 4) is 0 Å². The van der Waals surface area contributed by atoms with Crippen LogP contribution in [-0.2, 0) is 13.5 Å².